The van der Waals surface area contributed by atoms with Gasteiger partial charge in [0.2, 0.25) is 5.91 Å². The summed E-state index contributed by atoms with van der Waals surface area (Å²) in [5, 5.41) is 4.18. The van der Waals surface area contributed by atoms with Gasteiger partial charge in [-0.1, -0.05) is 49.4 Å². The number of para-hydroxylation sites is 1. The zero-order chi connectivity index (χ0) is 19.9. The summed E-state index contributed by atoms with van der Waals surface area (Å²) >= 11 is 1.34. The van der Waals surface area contributed by atoms with Crippen LogP contribution in [-0.4, -0.2) is 27.8 Å². The van der Waals surface area contributed by atoms with Crippen LogP contribution in [0.25, 0.3) is 10.9 Å². The zero-order valence-electron chi connectivity index (χ0n) is 16.7. The molecule has 1 heterocycles. The number of rotatable bonds is 8. The molecule has 1 aromatic carbocycles. The Morgan fingerprint density at radius 2 is 2.11 bits per heavy atom. The minimum atomic E-state index is -0.0253. The Bertz CT molecular complexity index is 918. The van der Waals surface area contributed by atoms with Gasteiger partial charge in [0, 0.05) is 13.1 Å². The van der Waals surface area contributed by atoms with E-state index >= 15 is 0 Å². The molecule has 1 aliphatic rings. The minimum absolute atomic E-state index is 0.0212. The molecule has 3 rings (SSSR count). The number of carbonyl (C=O) groups excluding carboxylic acids is 1. The summed E-state index contributed by atoms with van der Waals surface area (Å²) in [6.45, 7) is 5.40. The van der Waals surface area contributed by atoms with Gasteiger partial charge in [-0.15, -0.1) is 0 Å². The molecule has 150 valence electrons. The maximum atomic E-state index is 13.1. The van der Waals surface area contributed by atoms with E-state index in [0.717, 1.165) is 19.3 Å². The molecule has 0 aliphatic heterocycles. The predicted molar refractivity (Wildman–Crippen MR) is 116 cm³/mol. The van der Waals surface area contributed by atoms with E-state index in [4.69, 9.17) is 4.98 Å². The normalized spacial score (nSPS) is 14.3. The lowest BCUT2D eigenvalue weighted by Crippen LogP contribution is -2.29. The molecule has 0 atom stereocenters. The number of hydrogen-bond acceptors (Lipinski definition) is 4. The molecule has 2 aromatic rings. The van der Waals surface area contributed by atoms with Crippen molar-refractivity contribution in [3.63, 3.8) is 0 Å². The van der Waals surface area contributed by atoms with Crippen molar-refractivity contribution in [2.24, 2.45) is 5.92 Å². The molecule has 0 unspecified atom stereocenters. The Morgan fingerprint density at radius 1 is 1.29 bits per heavy atom. The molecule has 1 N–H and O–H groups in total. The molecule has 0 fully saturated rings. The quantitative estimate of drug-likeness (QED) is 0.411. The van der Waals surface area contributed by atoms with Crippen LogP contribution in [0.4, 0.5) is 0 Å². The van der Waals surface area contributed by atoms with Gasteiger partial charge in [-0.3, -0.25) is 14.2 Å². The smallest absolute Gasteiger partial charge is 0.262 e. The molecule has 0 saturated heterocycles. The van der Waals surface area contributed by atoms with E-state index in [2.05, 4.69) is 25.2 Å². The minimum Gasteiger partial charge on any atom is -0.355 e. The first-order valence-corrected chi connectivity index (χ1v) is 11.1. The summed E-state index contributed by atoms with van der Waals surface area (Å²) < 4.78 is 1.75. The van der Waals surface area contributed by atoms with Crippen LogP contribution in [0.15, 0.2) is 45.9 Å². The number of carbonyl (C=O) groups is 1. The highest BCUT2D eigenvalue weighted by molar-refractivity contribution is 7.99. The fourth-order valence-corrected chi connectivity index (χ4v) is 4.20. The van der Waals surface area contributed by atoms with E-state index in [1.807, 2.05) is 24.3 Å². The van der Waals surface area contributed by atoms with Gasteiger partial charge < -0.3 is 5.32 Å². The van der Waals surface area contributed by atoms with Gasteiger partial charge in [0.25, 0.3) is 5.56 Å². The Kier molecular flexibility index (Phi) is 7.31. The molecule has 0 radical (unpaired) electrons. The van der Waals surface area contributed by atoms with E-state index in [-0.39, 0.29) is 17.2 Å². The SMILES string of the molecule is CC(C)CNC(=O)CSc1nc2ccccc2c(=O)n1CCC1=CCCCC1. The van der Waals surface area contributed by atoms with Crippen LogP contribution in [-0.2, 0) is 11.3 Å². The molecule has 1 amide bonds. The standard InChI is InChI=1S/C22H29N3O2S/c1-16(2)14-23-20(26)15-28-22-24-19-11-7-6-10-18(19)21(27)25(22)13-12-17-8-4-3-5-9-17/h6-8,10-11,16H,3-5,9,12-15H2,1-2H3,(H,23,26). The number of fused-ring (bicyclic) bond motifs is 1. The second kappa shape index (κ2) is 9.92. The zero-order valence-corrected chi connectivity index (χ0v) is 17.6. The molecule has 28 heavy (non-hydrogen) atoms. The number of allylic oxidation sites excluding steroid dienone is 2. The highest BCUT2D eigenvalue weighted by atomic mass is 32.2. The van der Waals surface area contributed by atoms with Gasteiger partial charge in [0.15, 0.2) is 5.16 Å². The maximum absolute atomic E-state index is 13.1. The summed E-state index contributed by atoms with van der Waals surface area (Å²) in [4.78, 5) is 29.9. The molecular weight excluding hydrogens is 370 g/mol. The summed E-state index contributed by atoms with van der Waals surface area (Å²) in [7, 11) is 0. The van der Waals surface area contributed by atoms with Crippen LogP contribution in [0, 0.1) is 5.92 Å². The monoisotopic (exact) mass is 399 g/mol. The van der Waals surface area contributed by atoms with Crippen molar-refractivity contribution in [1.82, 2.24) is 14.9 Å². The first-order valence-electron chi connectivity index (χ1n) is 10.1. The number of nitrogens with one attached hydrogen (secondary N) is 1. The topological polar surface area (TPSA) is 64.0 Å². The average molecular weight is 400 g/mol. The Hall–Kier alpha value is -2.08. The van der Waals surface area contributed by atoms with Crippen LogP contribution < -0.4 is 10.9 Å². The highest BCUT2D eigenvalue weighted by Gasteiger charge is 2.14. The molecule has 0 bridgehead atoms. The van der Waals surface area contributed by atoms with Crippen molar-refractivity contribution in [3.05, 3.63) is 46.3 Å². The average Bonchev–Trinajstić information content (AvgIpc) is 2.71. The van der Waals surface area contributed by atoms with Crippen LogP contribution in [0.3, 0.4) is 0 Å². The van der Waals surface area contributed by atoms with Crippen molar-refractivity contribution in [1.29, 1.82) is 0 Å². The summed E-state index contributed by atoms with van der Waals surface area (Å²) in [6.07, 6.45) is 7.93. The Morgan fingerprint density at radius 3 is 2.86 bits per heavy atom. The lowest BCUT2D eigenvalue weighted by atomic mass is 9.97. The lowest BCUT2D eigenvalue weighted by molar-refractivity contribution is -0.118. The first-order chi connectivity index (χ1) is 13.5. The van der Waals surface area contributed by atoms with Crippen molar-refractivity contribution in [2.75, 3.05) is 12.3 Å². The molecular formula is C22H29N3O2S. The summed E-state index contributed by atoms with van der Waals surface area (Å²) in [6, 6.07) is 7.43. The highest BCUT2D eigenvalue weighted by Crippen LogP contribution is 2.23. The molecule has 1 aliphatic carbocycles. The number of aromatic nitrogens is 2. The third-order valence-electron chi connectivity index (χ3n) is 4.91. The van der Waals surface area contributed by atoms with E-state index in [9.17, 15) is 9.59 Å². The van der Waals surface area contributed by atoms with Crippen molar-refractivity contribution in [2.45, 2.75) is 57.7 Å². The second-order valence-corrected chi connectivity index (χ2v) is 8.66. The van der Waals surface area contributed by atoms with Gasteiger partial charge in [0.1, 0.15) is 0 Å². The fourth-order valence-electron chi connectivity index (χ4n) is 3.34. The number of amides is 1. The number of benzene rings is 1. The predicted octanol–water partition coefficient (Wildman–Crippen LogP) is 4.15. The van der Waals surface area contributed by atoms with Crippen LogP contribution in [0.5, 0.6) is 0 Å². The van der Waals surface area contributed by atoms with Gasteiger partial charge in [-0.05, 0) is 50.2 Å². The second-order valence-electron chi connectivity index (χ2n) is 7.71. The Labute approximate surface area is 170 Å². The van der Waals surface area contributed by atoms with Crippen molar-refractivity contribution < 1.29 is 4.79 Å². The largest absolute Gasteiger partial charge is 0.355 e. The van der Waals surface area contributed by atoms with Crippen LogP contribution in [0.1, 0.15) is 46.0 Å². The van der Waals surface area contributed by atoms with E-state index in [1.54, 1.807) is 4.57 Å². The molecule has 6 heteroatoms. The molecule has 0 spiro atoms. The Balaban J connectivity index is 1.80. The number of hydrogen-bond donors (Lipinski definition) is 1. The number of thioether (sulfide) groups is 1. The third kappa shape index (κ3) is 5.47. The number of nitrogens with zero attached hydrogens (tertiary/aromatic N) is 2. The van der Waals surface area contributed by atoms with E-state index in [0.29, 0.717) is 35.1 Å². The molecule has 0 saturated carbocycles. The van der Waals surface area contributed by atoms with E-state index in [1.165, 1.54) is 30.2 Å². The van der Waals surface area contributed by atoms with Crippen LogP contribution >= 0.6 is 11.8 Å². The lowest BCUT2D eigenvalue weighted by Gasteiger charge is -2.16. The van der Waals surface area contributed by atoms with E-state index < -0.39 is 0 Å². The van der Waals surface area contributed by atoms with Crippen molar-refractivity contribution in [3.8, 4) is 0 Å². The molecule has 5 nitrogen and oxygen atoms in total. The van der Waals surface area contributed by atoms with Crippen molar-refractivity contribution >= 4 is 28.6 Å². The van der Waals surface area contributed by atoms with Crippen LogP contribution in [0.2, 0.25) is 0 Å². The molecule has 1 aromatic heterocycles. The van der Waals surface area contributed by atoms with Gasteiger partial charge in [0.05, 0.1) is 16.7 Å². The fraction of sp³-hybridized carbons (Fsp3) is 0.500. The van der Waals surface area contributed by atoms with Gasteiger partial charge >= 0.3 is 0 Å². The van der Waals surface area contributed by atoms with Gasteiger partial charge in [-0.2, -0.15) is 0 Å². The summed E-state index contributed by atoms with van der Waals surface area (Å²) in [5.74, 6) is 0.651. The summed E-state index contributed by atoms with van der Waals surface area (Å²) in [5.41, 5.74) is 2.09. The third-order valence-corrected chi connectivity index (χ3v) is 5.88. The maximum Gasteiger partial charge on any atom is 0.262 e. The first kappa shape index (κ1) is 20.6. The van der Waals surface area contributed by atoms with Gasteiger partial charge in [-0.25, -0.2) is 4.98 Å².